The number of imidazole rings is 1. The van der Waals surface area contributed by atoms with Crippen LogP contribution >= 0.6 is 0 Å². The number of aromatic nitrogens is 4. The van der Waals surface area contributed by atoms with Gasteiger partial charge in [-0.25, -0.2) is 4.98 Å². The molecule has 15 aromatic rings. The molecular weight excluding hydrogens is 773 g/mol. The first-order valence-electron chi connectivity index (χ1n) is 21.4. The van der Waals surface area contributed by atoms with Crippen LogP contribution in [0, 0.1) is 0 Å². The maximum absolute atomic E-state index is 6.32. The van der Waals surface area contributed by atoms with E-state index in [2.05, 4.69) is 183 Å². The zero-order chi connectivity index (χ0) is 40.9. The second kappa shape index (κ2) is 12.0. The first-order valence-corrected chi connectivity index (χ1v) is 21.4. The summed E-state index contributed by atoms with van der Waals surface area (Å²) in [6.07, 6.45) is 0. The van der Waals surface area contributed by atoms with Crippen molar-refractivity contribution in [3.8, 4) is 22.5 Å². The zero-order valence-corrected chi connectivity index (χ0v) is 33.6. The van der Waals surface area contributed by atoms with E-state index in [0.717, 1.165) is 105 Å². The van der Waals surface area contributed by atoms with E-state index in [0.29, 0.717) is 0 Å². The third-order valence-corrected chi connectivity index (χ3v) is 13.4. The summed E-state index contributed by atoms with van der Waals surface area (Å²) in [5.74, 6) is 0. The number of hydrogen-bond donors (Lipinski definition) is 0. The van der Waals surface area contributed by atoms with Crippen molar-refractivity contribution in [1.82, 2.24) is 18.5 Å². The molecule has 6 heterocycles. The quantitative estimate of drug-likeness (QED) is 0.179. The Kier molecular flexibility index (Phi) is 6.33. The Morgan fingerprint density at radius 1 is 0.333 bits per heavy atom. The van der Waals surface area contributed by atoms with Gasteiger partial charge in [0.15, 0.2) is 0 Å². The summed E-state index contributed by atoms with van der Waals surface area (Å²) < 4.78 is 19.7. The van der Waals surface area contributed by atoms with Crippen LogP contribution in [-0.2, 0) is 0 Å². The number of furan rings is 2. The Bertz CT molecular complexity index is 4460. The zero-order valence-electron chi connectivity index (χ0n) is 33.6. The van der Waals surface area contributed by atoms with Crippen LogP contribution in [0.4, 0.5) is 0 Å². The molecule has 63 heavy (non-hydrogen) atoms. The average molecular weight is 805 g/mol. The molecule has 0 unspecified atom stereocenters. The van der Waals surface area contributed by atoms with Crippen molar-refractivity contribution in [2.75, 3.05) is 0 Å². The van der Waals surface area contributed by atoms with E-state index in [1.54, 1.807) is 0 Å². The van der Waals surface area contributed by atoms with Crippen LogP contribution in [0.2, 0.25) is 0 Å². The van der Waals surface area contributed by atoms with Gasteiger partial charge >= 0.3 is 0 Å². The van der Waals surface area contributed by atoms with E-state index in [1.165, 1.54) is 32.4 Å². The van der Waals surface area contributed by atoms with Crippen molar-refractivity contribution in [2.45, 2.75) is 0 Å². The third kappa shape index (κ3) is 4.43. The summed E-state index contributed by atoms with van der Waals surface area (Å²) in [5, 5.41) is 11.5. The summed E-state index contributed by atoms with van der Waals surface area (Å²) in [6, 6.07) is 69.6. The lowest BCUT2D eigenvalue weighted by Gasteiger charge is -2.12. The van der Waals surface area contributed by atoms with Gasteiger partial charge in [0.1, 0.15) is 33.6 Å². The van der Waals surface area contributed by atoms with Crippen LogP contribution in [0.1, 0.15) is 0 Å². The van der Waals surface area contributed by atoms with Gasteiger partial charge in [0.25, 0.3) is 0 Å². The van der Waals surface area contributed by atoms with Crippen LogP contribution < -0.4 is 0 Å². The van der Waals surface area contributed by atoms with Crippen molar-refractivity contribution in [1.29, 1.82) is 0 Å². The van der Waals surface area contributed by atoms with E-state index in [9.17, 15) is 0 Å². The molecule has 9 aromatic carbocycles. The fraction of sp³-hybridized carbons (Fsp3) is 0. The topological polar surface area (TPSA) is 53.4 Å². The van der Waals surface area contributed by atoms with Gasteiger partial charge in [0, 0.05) is 59.9 Å². The highest BCUT2D eigenvalue weighted by molar-refractivity contribution is 6.25. The van der Waals surface area contributed by atoms with Crippen LogP contribution in [0.25, 0.3) is 138 Å². The molecule has 6 aromatic heterocycles. The van der Waals surface area contributed by atoms with Crippen LogP contribution in [0.15, 0.2) is 203 Å². The number of fused-ring (bicyclic) bond motifs is 19. The van der Waals surface area contributed by atoms with Crippen LogP contribution in [0.5, 0.6) is 0 Å². The Balaban J connectivity index is 1.01. The number of hydrogen-bond acceptors (Lipinski definition) is 3. The molecule has 0 aliphatic carbocycles. The number of para-hydroxylation sites is 5. The second-order valence-electron chi connectivity index (χ2n) is 16.7. The molecule has 0 radical (unpaired) electrons. The Morgan fingerprint density at radius 2 is 0.841 bits per heavy atom. The molecule has 6 nitrogen and oxygen atoms in total. The van der Waals surface area contributed by atoms with E-state index < -0.39 is 0 Å². The van der Waals surface area contributed by atoms with Gasteiger partial charge in [-0.3, -0.25) is 8.97 Å². The molecule has 0 bridgehead atoms. The van der Waals surface area contributed by atoms with E-state index in [4.69, 9.17) is 13.8 Å². The molecule has 0 aliphatic rings. The van der Waals surface area contributed by atoms with E-state index in [-0.39, 0.29) is 0 Å². The lowest BCUT2D eigenvalue weighted by atomic mass is 9.99. The number of benzene rings is 9. The largest absolute Gasteiger partial charge is 0.456 e. The summed E-state index contributed by atoms with van der Waals surface area (Å²) in [4.78, 5) is 5.28. The smallest absolute Gasteiger partial charge is 0.147 e. The van der Waals surface area contributed by atoms with Gasteiger partial charge in [-0.15, -0.1) is 0 Å². The first kappa shape index (κ1) is 33.1. The highest BCUT2D eigenvalue weighted by Gasteiger charge is 2.23. The van der Waals surface area contributed by atoms with Crippen LogP contribution in [0.3, 0.4) is 0 Å². The number of rotatable bonds is 3. The van der Waals surface area contributed by atoms with E-state index >= 15 is 0 Å². The molecule has 0 spiro atoms. The Hall–Kier alpha value is -8.61. The van der Waals surface area contributed by atoms with Gasteiger partial charge < -0.3 is 13.4 Å². The fourth-order valence-corrected chi connectivity index (χ4v) is 10.7. The summed E-state index contributed by atoms with van der Waals surface area (Å²) >= 11 is 0. The molecule has 0 atom stereocenters. The maximum atomic E-state index is 6.32. The van der Waals surface area contributed by atoms with Gasteiger partial charge in [0.05, 0.1) is 27.6 Å². The minimum atomic E-state index is 0.874. The van der Waals surface area contributed by atoms with Crippen molar-refractivity contribution in [3.63, 3.8) is 0 Å². The molecule has 0 amide bonds. The standard InChI is InChI=1S/C57H32N4O2/c1-2-15-41-40(14-1)55-45-30-34(33-21-25-48-42(29-33)37-11-3-7-17-47(37)59(48)35-23-27-53-43(31-35)38-12-4-9-19-51(38)62-53)22-26-49(45)60(57(55)61-50-18-8-6-16-46(50)58-56(41)61)36-24-28-54-44(32-36)39-13-5-10-20-52(39)63-54/h1-32H. The predicted molar refractivity (Wildman–Crippen MR) is 259 cm³/mol. The highest BCUT2D eigenvalue weighted by atomic mass is 16.3. The molecule has 0 aliphatic heterocycles. The molecule has 6 heteroatoms. The molecule has 15 rings (SSSR count). The fourth-order valence-electron chi connectivity index (χ4n) is 10.7. The van der Waals surface area contributed by atoms with Gasteiger partial charge in [-0.2, -0.15) is 0 Å². The van der Waals surface area contributed by atoms with Gasteiger partial charge in [-0.05, 0) is 108 Å². The lowest BCUT2D eigenvalue weighted by molar-refractivity contribution is 0.668. The predicted octanol–water partition coefficient (Wildman–Crippen LogP) is 15.3. The normalized spacial score (nSPS) is 12.4. The molecule has 0 fully saturated rings. The number of pyridine rings is 1. The van der Waals surface area contributed by atoms with Gasteiger partial charge in [0.2, 0.25) is 0 Å². The summed E-state index contributed by atoms with van der Waals surface area (Å²) in [5.41, 5.74) is 15.6. The third-order valence-electron chi connectivity index (χ3n) is 13.4. The average Bonchev–Trinajstić information content (AvgIpc) is 4.15. The van der Waals surface area contributed by atoms with Crippen molar-refractivity contribution >= 4 is 115 Å². The first-order chi connectivity index (χ1) is 31.2. The number of nitrogens with zero attached hydrogens (tertiary/aromatic N) is 4. The van der Waals surface area contributed by atoms with Crippen molar-refractivity contribution in [2.24, 2.45) is 0 Å². The monoisotopic (exact) mass is 804 g/mol. The Morgan fingerprint density at radius 3 is 1.54 bits per heavy atom. The van der Waals surface area contributed by atoms with Gasteiger partial charge in [-0.1, -0.05) is 103 Å². The molecule has 0 saturated carbocycles. The van der Waals surface area contributed by atoms with Crippen molar-refractivity contribution < 1.29 is 8.83 Å². The molecule has 292 valence electrons. The molecule has 0 saturated heterocycles. The minimum absolute atomic E-state index is 0.874. The summed E-state index contributed by atoms with van der Waals surface area (Å²) in [6.45, 7) is 0. The van der Waals surface area contributed by atoms with Crippen molar-refractivity contribution in [3.05, 3.63) is 194 Å². The lowest BCUT2D eigenvalue weighted by Crippen LogP contribution is -1.99. The summed E-state index contributed by atoms with van der Waals surface area (Å²) in [7, 11) is 0. The highest BCUT2D eigenvalue weighted by Crippen LogP contribution is 2.44. The van der Waals surface area contributed by atoms with Crippen LogP contribution in [-0.4, -0.2) is 18.5 Å². The SMILES string of the molecule is c1ccc2c(c1)nc1c3ccccc3c3c4cc(-c5ccc6c(c5)c5ccccc5n6-c5ccc6oc7ccccc7c6c5)ccc4n(-c4ccc5oc6ccccc6c5c4)c3n21. The molecular formula is C57H32N4O2. The Labute approximate surface area is 357 Å². The second-order valence-corrected chi connectivity index (χ2v) is 16.7. The maximum Gasteiger partial charge on any atom is 0.147 e. The van der Waals surface area contributed by atoms with E-state index in [1.807, 2.05) is 24.3 Å². The minimum Gasteiger partial charge on any atom is -0.456 e. The molecule has 0 N–H and O–H groups in total.